The van der Waals surface area contributed by atoms with Crippen LogP contribution in [0.5, 0.6) is 0 Å². The minimum atomic E-state index is -1.20. The summed E-state index contributed by atoms with van der Waals surface area (Å²) in [6, 6.07) is -4.00. The molecule has 30 heavy (non-hydrogen) atoms. The van der Waals surface area contributed by atoms with Crippen LogP contribution >= 0.6 is 0 Å². The van der Waals surface area contributed by atoms with Gasteiger partial charge in [0.25, 0.3) is 0 Å². The Morgan fingerprint density at radius 3 is 2.30 bits per heavy atom. The van der Waals surface area contributed by atoms with E-state index in [-0.39, 0.29) is 25.3 Å². The highest BCUT2D eigenvalue weighted by atomic mass is 16.4. The third kappa shape index (κ3) is 6.97. The first-order chi connectivity index (χ1) is 14.0. The van der Waals surface area contributed by atoms with E-state index in [9.17, 15) is 24.0 Å². The Kier molecular flexibility index (Phi) is 9.70. The lowest BCUT2D eigenvalue weighted by atomic mass is 9.98. The molecule has 0 aliphatic carbocycles. The van der Waals surface area contributed by atoms with Crippen molar-refractivity contribution in [3.63, 3.8) is 0 Å². The van der Waals surface area contributed by atoms with Gasteiger partial charge in [-0.05, 0) is 32.1 Å². The van der Waals surface area contributed by atoms with E-state index in [4.69, 9.17) is 15.9 Å². The standard InChI is InChI=1S/C19H32N4O7/c1-4-10(2)15(20)17(27)22-12(7-8-14(24)25)18(28)23-9-5-6-13(23)16(26)21-11(3)19(29)30/h10-13,15H,4-9,20H2,1-3H3,(H,21,26)(H,22,27)(H,24,25)(H,29,30). The Morgan fingerprint density at radius 2 is 1.77 bits per heavy atom. The van der Waals surface area contributed by atoms with Crippen molar-refractivity contribution in [2.24, 2.45) is 11.7 Å². The summed E-state index contributed by atoms with van der Waals surface area (Å²) in [5.74, 6) is -4.21. The highest BCUT2D eigenvalue weighted by molar-refractivity contribution is 5.94. The van der Waals surface area contributed by atoms with Crippen LogP contribution in [0.15, 0.2) is 0 Å². The van der Waals surface area contributed by atoms with Crippen LogP contribution in [0.1, 0.15) is 52.9 Å². The van der Waals surface area contributed by atoms with Crippen LogP contribution in [0.3, 0.4) is 0 Å². The van der Waals surface area contributed by atoms with E-state index in [0.29, 0.717) is 19.3 Å². The monoisotopic (exact) mass is 428 g/mol. The Labute approximate surface area is 175 Å². The molecule has 5 atom stereocenters. The van der Waals surface area contributed by atoms with Gasteiger partial charge in [-0.2, -0.15) is 0 Å². The van der Waals surface area contributed by atoms with E-state index in [0.717, 1.165) is 0 Å². The van der Waals surface area contributed by atoms with Gasteiger partial charge in [-0.25, -0.2) is 0 Å². The molecule has 170 valence electrons. The Hall–Kier alpha value is -2.69. The molecular weight excluding hydrogens is 396 g/mol. The van der Waals surface area contributed by atoms with Crippen molar-refractivity contribution in [1.29, 1.82) is 0 Å². The minimum absolute atomic E-state index is 0.136. The van der Waals surface area contributed by atoms with Crippen LogP contribution in [-0.4, -0.2) is 75.5 Å². The molecule has 0 aromatic carbocycles. The molecule has 0 bridgehead atoms. The van der Waals surface area contributed by atoms with E-state index in [1.165, 1.54) is 11.8 Å². The van der Waals surface area contributed by atoms with E-state index in [2.05, 4.69) is 10.6 Å². The molecule has 1 heterocycles. The van der Waals surface area contributed by atoms with Crippen LogP contribution in [0.4, 0.5) is 0 Å². The average Bonchev–Trinajstić information content (AvgIpc) is 3.18. The van der Waals surface area contributed by atoms with Gasteiger partial charge in [0.15, 0.2) is 0 Å². The van der Waals surface area contributed by atoms with Crippen LogP contribution in [-0.2, 0) is 24.0 Å². The largest absolute Gasteiger partial charge is 0.481 e. The van der Waals surface area contributed by atoms with Gasteiger partial charge in [0, 0.05) is 13.0 Å². The number of carboxylic acid groups (broad SMARTS) is 2. The number of hydrogen-bond acceptors (Lipinski definition) is 6. The fourth-order valence-corrected chi connectivity index (χ4v) is 3.18. The molecule has 1 aliphatic rings. The van der Waals surface area contributed by atoms with E-state index in [1.54, 1.807) is 6.92 Å². The molecule has 6 N–H and O–H groups in total. The Bertz CT molecular complexity index is 669. The second-order valence-electron chi connectivity index (χ2n) is 7.66. The Morgan fingerprint density at radius 1 is 1.13 bits per heavy atom. The van der Waals surface area contributed by atoms with E-state index in [1.807, 2.05) is 6.92 Å². The number of rotatable bonds is 11. The minimum Gasteiger partial charge on any atom is -0.481 e. The molecule has 1 saturated heterocycles. The molecule has 11 heteroatoms. The van der Waals surface area contributed by atoms with Gasteiger partial charge in [-0.15, -0.1) is 0 Å². The van der Waals surface area contributed by atoms with E-state index >= 15 is 0 Å². The third-order valence-corrected chi connectivity index (χ3v) is 5.39. The molecular formula is C19H32N4O7. The second-order valence-corrected chi connectivity index (χ2v) is 7.66. The van der Waals surface area contributed by atoms with Crippen molar-refractivity contribution in [3.05, 3.63) is 0 Å². The lowest BCUT2D eigenvalue weighted by Crippen LogP contribution is -2.57. The summed E-state index contributed by atoms with van der Waals surface area (Å²) >= 11 is 0. The molecule has 0 aromatic rings. The van der Waals surface area contributed by atoms with Crippen LogP contribution in [0.2, 0.25) is 0 Å². The fraction of sp³-hybridized carbons (Fsp3) is 0.737. The lowest BCUT2D eigenvalue weighted by molar-refractivity contribution is -0.145. The smallest absolute Gasteiger partial charge is 0.325 e. The number of likely N-dealkylation sites (tertiary alicyclic amines) is 1. The SMILES string of the molecule is CCC(C)C(N)C(=O)NC(CCC(=O)O)C(=O)N1CCCC1C(=O)NC(C)C(=O)O. The quantitative estimate of drug-likeness (QED) is 0.286. The van der Waals surface area contributed by atoms with Gasteiger partial charge in [-0.1, -0.05) is 20.3 Å². The maximum absolute atomic E-state index is 13.1. The highest BCUT2D eigenvalue weighted by Crippen LogP contribution is 2.20. The van der Waals surface area contributed by atoms with Crippen LogP contribution in [0.25, 0.3) is 0 Å². The Balaban J connectivity index is 2.95. The normalized spacial score (nSPS) is 20.0. The first-order valence-corrected chi connectivity index (χ1v) is 10.1. The molecule has 0 saturated carbocycles. The van der Waals surface area contributed by atoms with Crippen molar-refractivity contribution in [3.8, 4) is 0 Å². The molecule has 1 fully saturated rings. The third-order valence-electron chi connectivity index (χ3n) is 5.39. The van der Waals surface area contributed by atoms with Gasteiger partial charge in [0.2, 0.25) is 17.7 Å². The zero-order valence-electron chi connectivity index (χ0n) is 17.6. The van der Waals surface area contributed by atoms with Gasteiger partial charge in [-0.3, -0.25) is 24.0 Å². The zero-order chi connectivity index (χ0) is 23.0. The number of carbonyl (C=O) groups is 5. The van der Waals surface area contributed by atoms with Crippen molar-refractivity contribution < 1.29 is 34.2 Å². The van der Waals surface area contributed by atoms with Gasteiger partial charge in [0.05, 0.1) is 6.04 Å². The van der Waals surface area contributed by atoms with E-state index < -0.39 is 53.8 Å². The van der Waals surface area contributed by atoms with Crippen LogP contribution < -0.4 is 16.4 Å². The van der Waals surface area contributed by atoms with Crippen molar-refractivity contribution in [2.45, 2.75) is 77.0 Å². The molecule has 11 nitrogen and oxygen atoms in total. The number of carbonyl (C=O) groups excluding carboxylic acids is 3. The number of nitrogens with two attached hydrogens (primary N) is 1. The summed E-state index contributed by atoms with van der Waals surface area (Å²) in [5, 5.41) is 22.8. The number of hydrogen-bond donors (Lipinski definition) is 5. The predicted octanol–water partition coefficient (Wildman–Crippen LogP) is -0.710. The van der Waals surface area contributed by atoms with Crippen molar-refractivity contribution >= 4 is 29.7 Å². The zero-order valence-corrected chi connectivity index (χ0v) is 17.6. The highest BCUT2D eigenvalue weighted by Gasteiger charge is 2.39. The first kappa shape index (κ1) is 25.3. The molecule has 0 aromatic heterocycles. The topological polar surface area (TPSA) is 179 Å². The lowest BCUT2D eigenvalue weighted by Gasteiger charge is -2.30. The first-order valence-electron chi connectivity index (χ1n) is 10.1. The van der Waals surface area contributed by atoms with Crippen LogP contribution in [0, 0.1) is 5.92 Å². The molecule has 5 unspecified atom stereocenters. The summed E-state index contributed by atoms with van der Waals surface area (Å²) in [5.41, 5.74) is 5.91. The molecule has 1 rings (SSSR count). The average molecular weight is 428 g/mol. The summed E-state index contributed by atoms with van der Waals surface area (Å²) in [6.07, 6.45) is 1.02. The summed E-state index contributed by atoms with van der Waals surface area (Å²) in [6.45, 7) is 5.22. The number of amides is 3. The summed E-state index contributed by atoms with van der Waals surface area (Å²) < 4.78 is 0. The molecule has 0 radical (unpaired) electrons. The molecule has 3 amide bonds. The number of nitrogens with one attached hydrogen (secondary N) is 2. The number of nitrogens with zero attached hydrogens (tertiary/aromatic N) is 1. The summed E-state index contributed by atoms with van der Waals surface area (Å²) in [4.78, 5) is 61.2. The fourth-order valence-electron chi connectivity index (χ4n) is 3.18. The number of carboxylic acids is 2. The maximum atomic E-state index is 13.1. The van der Waals surface area contributed by atoms with Crippen molar-refractivity contribution in [2.75, 3.05) is 6.54 Å². The predicted molar refractivity (Wildman–Crippen MR) is 106 cm³/mol. The number of aliphatic carboxylic acids is 2. The van der Waals surface area contributed by atoms with Gasteiger partial charge < -0.3 is 31.5 Å². The second kappa shape index (κ2) is 11.5. The molecule has 1 aliphatic heterocycles. The summed E-state index contributed by atoms with van der Waals surface area (Å²) in [7, 11) is 0. The van der Waals surface area contributed by atoms with Gasteiger partial charge >= 0.3 is 11.9 Å². The maximum Gasteiger partial charge on any atom is 0.325 e. The van der Waals surface area contributed by atoms with Gasteiger partial charge in [0.1, 0.15) is 18.1 Å². The van der Waals surface area contributed by atoms with Crippen molar-refractivity contribution in [1.82, 2.24) is 15.5 Å². The molecule has 0 spiro atoms.